The second kappa shape index (κ2) is 3.62. The zero-order valence-electron chi connectivity index (χ0n) is 6.55. The van der Waals surface area contributed by atoms with Gasteiger partial charge in [0.1, 0.15) is 0 Å². The van der Waals surface area contributed by atoms with Crippen LogP contribution in [-0.4, -0.2) is 24.7 Å². The van der Waals surface area contributed by atoms with Gasteiger partial charge < -0.3 is 4.74 Å². The fourth-order valence-electron chi connectivity index (χ4n) is 1.33. The number of piperidine rings is 1. The van der Waals surface area contributed by atoms with Crippen LogP contribution in [0, 0.1) is 0 Å². The van der Waals surface area contributed by atoms with Crippen LogP contribution in [0.1, 0.15) is 19.3 Å². The van der Waals surface area contributed by atoms with E-state index < -0.39 is 0 Å². The molecule has 1 aliphatic rings. The number of nitrogens with zero attached hydrogens (tertiary/aromatic N) is 1. The van der Waals surface area contributed by atoms with E-state index in [9.17, 15) is 0 Å². The summed E-state index contributed by atoms with van der Waals surface area (Å²) in [6.07, 6.45) is 5.54. The molecule has 0 aromatic heterocycles. The second-order valence-electron chi connectivity index (χ2n) is 2.73. The van der Waals surface area contributed by atoms with Gasteiger partial charge in [0.15, 0.2) is 6.23 Å². The minimum Gasteiger partial charge on any atom is -0.483 e. The van der Waals surface area contributed by atoms with Crippen LogP contribution in [0.5, 0.6) is 0 Å². The van der Waals surface area contributed by atoms with Crippen LogP contribution >= 0.6 is 0 Å². The lowest BCUT2D eigenvalue weighted by atomic mass is 10.1. The lowest BCUT2D eigenvalue weighted by Crippen LogP contribution is -2.36. The summed E-state index contributed by atoms with van der Waals surface area (Å²) in [6, 6.07) is 0. The SMILES string of the molecule is C=COC1CCCCN1C. The van der Waals surface area contributed by atoms with E-state index in [1.807, 2.05) is 0 Å². The Kier molecular flexibility index (Phi) is 2.75. The smallest absolute Gasteiger partial charge is 0.151 e. The van der Waals surface area contributed by atoms with Gasteiger partial charge in [0.05, 0.1) is 6.26 Å². The van der Waals surface area contributed by atoms with Crippen molar-refractivity contribution in [1.29, 1.82) is 0 Å². The molecule has 1 unspecified atom stereocenters. The van der Waals surface area contributed by atoms with Gasteiger partial charge in [-0.2, -0.15) is 0 Å². The largest absolute Gasteiger partial charge is 0.483 e. The molecular formula is C8H15NO. The molecule has 0 radical (unpaired) electrons. The standard InChI is InChI=1S/C8H15NO/c1-3-10-8-6-4-5-7-9(8)2/h3,8H,1,4-7H2,2H3. The monoisotopic (exact) mass is 141 g/mol. The third-order valence-corrected chi connectivity index (χ3v) is 1.96. The van der Waals surface area contributed by atoms with Crippen LogP contribution in [0.25, 0.3) is 0 Å². The van der Waals surface area contributed by atoms with Crippen molar-refractivity contribution in [3.05, 3.63) is 12.8 Å². The van der Waals surface area contributed by atoms with Crippen molar-refractivity contribution in [2.45, 2.75) is 25.5 Å². The van der Waals surface area contributed by atoms with Gasteiger partial charge in [-0.25, -0.2) is 0 Å². The highest BCUT2D eigenvalue weighted by molar-refractivity contribution is 4.68. The maximum absolute atomic E-state index is 5.28. The van der Waals surface area contributed by atoms with E-state index in [2.05, 4.69) is 18.5 Å². The lowest BCUT2D eigenvalue weighted by Gasteiger charge is -2.31. The molecule has 0 aromatic carbocycles. The second-order valence-corrected chi connectivity index (χ2v) is 2.73. The summed E-state index contributed by atoms with van der Waals surface area (Å²) >= 11 is 0. The molecule has 1 fully saturated rings. The average molecular weight is 141 g/mol. The predicted molar refractivity (Wildman–Crippen MR) is 41.6 cm³/mol. The van der Waals surface area contributed by atoms with Crippen molar-refractivity contribution in [3.63, 3.8) is 0 Å². The van der Waals surface area contributed by atoms with E-state index in [0.29, 0.717) is 0 Å². The number of likely N-dealkylation sites (tertiary alicyclic amines) is 1. The summed E-state index contributed by atoms with van der Waals surface area (Å²) in [7, 11) is 2.09. The Morgan fingerprint density at radius 1 is 1.60 bits per heavy atom. The molecule has 1 aliphatic heterocycles. The number of ether oxygens (including phenoxy) is 1. The molecule has 0 spiro atoms. The molecule has 0 amide bonds. The minimum atomic E-state index is 0.284. The lowest BCUT2D eigenvalue weighted by molar-refractivity contribution is -0.0174. The van der Waals surface area contributed by atoms with Gasteiger partial charge in [-0.05, 0) is 26.3 Å². The molecule has 2 nitrogen and oxygen atoms in total. The molecule has 0 saturated carbocycles. The van der Waals surface area contributed by atoms with Crippen LogP contribution in [0.4, 0.5) is 0 Å². The fraction of sp³-hybridized carbons (Fsp3) is 0.750. The maximum atomic E-state index is 5.28. The van der Waals surface area contributed by atoms with Crippen molar-refractivity contribution < 1.29 is 4.74 Å². The third kappa shape index (κ3) is 1.74. The van der Waals surface area contributed by atoms with Gasteiger partial charge in [0, 0.05) is 6.54 Å². The summed E-state index contributed by atoms with van der Waals surface area (Å²) in [4.78, 5) is 2.23. The highest BCUT2D eigenvalue weighted by Gasteiger charge is 2.17. The van der Waals surface area contributed by atoms with E-state index >= 15 is 0 Å². The van der Waals surface area contributed by atoms with Crippen molar-refractivity contribution in [2.24, 2.45) is 0 Å². The first-order chi connectivity index (χ1) is 4.84. The first-order valence-corrected chi connectivity index (χ1v) is 3.81. The normalized spacial score (nSPS) is 27.9. The number of hydrogen-bond donors (Lipinski definition) is 0. The number of hydrogen-bond acceptors (Lipinski definition) is 2. The first kappa shape index (κ1) is 7.61. The summed E-state index contributed by atoms with van der Waals surface area (Å²) in [5, 5.41) is 0. The summed E-state index contributed by atoms with van der Waals surface area (Å²) < 4.78 is 5.28. The molecule has 0 N–H and O–H groups in total. The van der Waals surface area contributed by atoms with E-state index in [0.717, 1.165) is 13.0 Å². The van der Waals surface area contributed by atoms with Crippen LogP contribution in [-0.2, 0) is 4.74 Å². The molecule has 0 aliphatic carbocycles. The zero-order valence-corrected chi connectivity index (χ0v) is 6.55. The topological polar surface area (TPSA) is 12.5 Å². The average Bonchev–Trinajstić information content (AvgIpc) is 1.94. The Morgan fingerprint density at radius 2 is 2.40 bits per heavy atom. The highest BCUT2D eigenvalue weighted by atomic mass is 16.5. The van der Waals surface area contributed by atoms with E-state index in [4.69, 9.17) is 4.74 Å². The molecule has 1 atom stereocenters. The molecule has 1 rings (SSSR count). The predicted octanol–water partition coefficient (Wildman–Crippen LogP) is 1.59. The molecule has 2 heteroatoms. The Morgan fingerprint density at radius 3 is 3.00 bits per heavy atom. The van der Waals surface area contributed by atoms with Gasteiger partial charge in [-0.1, -0.05) is 6.58 Å². The summed E-state index contributed by atoms with van der Waals surface area (Å²) in [5.41, 5.74) is 0. The minimum absolute atomic E-state index is 0.284. The van der Waals surface area contributed by atoms with E-state index in [-0.39, 0.29) is 6.23 Å². The summed E-state index contributed by atoms with van der Waals surface area (Å²) in [6.45, 7) is 4.69. The van der Waals surface area contributed by atoms with Gasteiger partial charge in [0.25, 0.3) is 0 Å². The molecule has 1 saturated heterocycles. The van der Waals surface area contributed by atoms with Crippen molar-refractivity contribution in [1.82, 2.24) is 4.90 Å². The van der Waals surface area contributed by atoms with E-state index in [1.54, 1.807) is 0 Å². The van der Waals surface area contributed by atoms with Crippen LogP contribution in [0.15, 0.2) is 12.8 Å². The van der Waals surface area contributed by atoms with Crippen molar-refractivity contribution in [3.8, 4) is 0 Å². The third-order valence-electron chi connectivity index (χ3n) is 1.96. The van der Waals surface area contributed by atoms with Crippen molar-refractivity contribution in [2.75, 3.05) is 13.6 Å². The van der Waals surface area contributed by atoms with Crippen LogP contribution < -0.4 is 0 Å². The Balaban J connectivity index is 2.32. The Bertz CT molecular complexity index is 114. The molecule has 10 heavy (non-hydrogen) atoms. The summed E-state index contributed by atoms with van der Waals surface area (Å²) in [5.74, 6) is 0. The molecule has 0 aromatic rings. The van der Waals surface area contributed by atoms with Gasteiger partial charge in [0.2, 0.25) is 0 Å². The Hall–Kier alpha value is -0.500. The fourth-order valence-corrected chi connectivity index (χ4v) is 1.33. The van der Waals surface area contributed by atoms with E-state index in [1.165, 1.54) is 19.1 Å². The van der Waals surface area contributed by atoms with Gasteiger partial charge in [-0.15, -0.1) is 0 Å². The zero-order chi connectivity index (χ0) is 7.40. The molecule has 58 valence electrons. The Labute approximate surface area is 62.5 Å². The first-order valence-electron chi connectivity index (χ1n) is 3.81. The van der Waals surface area contributed by atoms with Crippen LogP contribution in [0.3, 0.4) is 0 Å². The molecular weight excluding hydrogens is 126 g/mol. The van der Waals surface area contributed by atoms with Crippen molar-refractivity contribution >= 4 is 0 Å². The van der Waals surface area contributed by atoms with Gasteiger partial charge in [-0.3, -0.25) is 4.90 Å². The maximum Gasteiger partial charge on any atom is 0.151 e. The molecule has 1 heterocycles. The number of rotatable bonds is 2. The van der Waals surface area contributed by atoms with Gasteiger partial charge >= 0.3 is 0 Å². The quantitative estimate of drug-likeness (QED) is 0.541. The highest BCUT2D eigenvalue weighted by Crippen LogP contribution is 2.15. The molecule has 0 bridgehead atoms. The van der Waals surface area contributed by atoms with Crippen LogP contribution in [0.2, 0.25) is 0 Å².